The number of amides is 3. The predicted molar refractivity (Wildman–Crippen MR) is 154 cm³/mol. The lowest BCUT2D eigenvalue weighted by Gasteiger charge is -2.44. The standard InChI is InChI=1S/C30H34Cl2N4O3/c1-19(37)35-13-10-20(11-14-35)29(38)36-15-12-27(23(18-36)21-8-9-24(31)25(32)16-21)34(3)30(39)28-17-22-6-4-5-7-26(22)33(28)2/h4-9,16-17,20,23,27H,10-15,18H2,1-3H3/t23-,27+/m0/s1. The number of benzene rings is 2. The number of halogens is 2. The van der Waals surface area contributed by atoms with Crippen molar-refractivity contribution in [3.63, 3.8) is 0 Å². The Kier molecular flexibility index (Phi) is 7.92. The number of piperidine rings is 2. The Morgan fingerprint density at radius 1 is 0.897 bits per heavy atom. The van der Waals surface area contributed by atoms with Gasteiger partial charge in [-0.3, -0.25) is 14.4 Å². The van der Waals surface area contributed by atoms with E-state index in [0.29, 0.717) is 61.2 Å². The molecule has 1 aromatic heterocycles. The van der Waals surface area contributed by atoms with Crippen LogP contribution in [0.4, 0.5) is 0 Å². The van der Waals surface area contributed by atoms with E-state index in [4.69, 9.17) is 23.2 Å². The third-order valence-corrected chi connectivity index (χ3v) is 9.28. The maximum atomic E-state index is 13.8. The first kappa shape index (κ1) is 27.5. The Hall–Kier alpha value is -3.03. The van der Waals surface area contributed by atoms with Crippen molar-refractivity contribution < 1.29 is 14.4 Å². The summed E-state index contributed by atoms with van der Waals surface area (Å²) >= 11 is 12.6. The highest BCUT2D eigenvalue weighted by Crippen LogP contribution is 2.36. The number of para-hydroxylation sites is 1. The Balaban J connectivity index is 1.40. The van der Waals surface area contributed by atoms with Gasteiger partial charge in [-0.15, -0.1) is 0 Å². The number of carbonyl (C=O) groups is 3. The molecule has 0 saturated carbocycles. The monoisotopic (exact) mass is 568 g/mol. The van der Waals surface area contributed by atoms with Gasteiger partial charge in [-0.2, -0.15) is 0 Å². The van der Waals surface area contributed by atoms with Crippen LogP contribution in [0.1, 0.15) is 48.2 Å². The van der Waals surface area contributed by atoms with E-state index in [1.807, 2.05) is 75.8 Å². The minimum atomic E-state index is -0.128. The maximum Gasteiger partial charge on any atom is 0.270 e. The van der Waals surface area contributed by atoms with Crippen molar-refractivity contribution >= 4 is 51.8 Å². The molecule has 5 rings (SSSR count). The number of hydrogen-bond acceptors (Lipinski definition) is 3. The summed E-state index contributed by atoms with van der Waals surface area (Å²) in [6.45, 7) is 3.86. The molecule has 2 saturated heterocycles. The molecule has 3 aromatic rings. The number of likely N-dealkylation sites (tertiary alicyclic amines) is 2. The Morgan fingerprint density at radius 2 is 1.59 bits per heavy atom. The van der Waals surface area contributed by atoms with Crippen molar-refractivity contribution in [3.8, 4) is 0 Å². The molecule has 2 aromatic carbocycles. The molecule has 0 bridgehead atoms. The van der Waals surface area contributed by atoms with Crippen LogP contribution in [0.5, 0.6) is 0 Å². The fraction of sp³-hybridized carbons (Fsp3) is 0.433. The fourth-order valence-electron chi connectivity index (χ4n) is 6.20. The first-order valence-electron chi connectivity index (χ1n) is 13.5. The van der Waals surface area contributed by atoms with Crippen molar-refractivity contribution in [1.29, 1.82) is 0 Å². The van der Waals surface area contributed by atoms with Gasteiger partial charge in [-0.1, -0.05) is 47.5 Å². The highest BCUT2D eigenvalue weighted by atomic mass is 35.5. The minimum Gasteiger partial charge on any atom is -0.343 e. The minimum absolute atomic E-state index is 0.0554. The average Bonchev–Trinajstić information content (AvgIpc) is 3.29. The summed E-state index contributed by atoms with van der Waals surface area (Å²) in [4.78, 5) is 44.7. The van der Waals surface area contributed by atoms with Gasteiger partial charge in [0, 0.05) is 76.0 Å². The van der Waals surface area contributed by atoms with Gasteiger partial charge in [0.2, 0.25) is 11.8 Å². The second-order valence-corrected chi connectivity index (χ2v) is 11.6. The van der Waals surface area contributed by atoms with E-state index in [9.17, 15) is 14.4 Å². The molecule has 2 aliphatic rings. The largest absolute Gasteiger partial charge is 0.343 e. The van der Waals surface area contributed by atoms with Crippen molar-refractivity contribution in [1.82, 2.24) is 19.3 Å². The van der Waals surface area contributed by atoms with E-state index in [0.717, 1.165) is 16.5 Å². The summed E-state index contributed by atoms with van der Waals surface area (Å²) in [5.41, 5.74) is 2.59. The van der Waals surface area contributed by atoms with Crippen LogP contribution in [-0.4, -0.2) is 76.3 Å². The van der Waals surface area contributed by atoms with Gasteiger partial charge in [0.1, 0.15) is 5.69 Å². The number of carbonyl (C=O) groups excluding carboxylic acids is 3. The number of aromatic nitrogens is 1. The molecule has 3 amide bonds. The first-order valence-corrected chi connectivity index (χ1v) is 14.2. The zero-order valence-corrected chi connectivity index (χ0v) is 24.1. The van der Waals surface area contributed by atoms with Gasteiger partial charge in [-0.05, 0) is 49.1 Å². The van der Waals surface area contributed by atoms with Crippen molar-refractivity contribution in [2.75, 3.05) is 33.2 Å². The average molecular weight is 570 g/mol. The molecule has 2 aliphatic heterocycles. The highest BCUT2D eigenvalue weighted by molar-refractivity contribution is 6.42. The summed E-state index contributed by atoms with van der Waals surface area (Å²) in [6.07, 6.45) is 2.00. The molecular weight excluding hydrogens is 535 g/mol. The normalized spacial score (nSPS) is 20.3. The molecule has 9 heteroatoms. The molecule has 0 unspecified atom stereocenters. The quantitative estimate of drug-likeness (QED) is 0.434. The first-order chi connectivity index (χ1) is 18.7. The van der Waals surface area contributed by atoms with Crippen LogP contribution in [0, 0.1) is 5.92 Å². The molecule has 2 fully saturated rings. The molecule has 0 aliphatic carbocycles. The lowest BCUT2D eigenvalue weighted by molar-refractivity contribution is -0.141. The Labute approximate surface area is 239 Å². The molecule has 206 valence electrons. The molecule has 0 N–H and O–H groups in total. The van der Waals surface area contributed by atoms with E-state index in [1.165, 1.54) is 0 Å². The third-order valence-electron chi connectivity index (χ3n) is 8.54. The molecule has 2 atom stereocenters. The fourth-order valence-corrected chi connectivity index (χ4v) is 6.51. The molecule has 7 nitrogen and oxygen atoms in total. The summed E-state index contributed by atoms with van der Waals surface area (Å²) in [6, 6.07) is 15.3. The van der Waals surface area contributed by atoms with Crippen LogP contribution >= 0.6 is 23.2 Å². The smallest absolute Gasteiger partial charge is 0.270 e. The van der Waals surface area contributed by atoms with Gasteiger partial charge in [0.05, 0.1) is 10.0 Å². The summed E-state index contributed by atoms with van der Waals surface area (Å²) in [5.74, 6) is -0.0927. The molecule has 0 spiro atoms. The van der Waals surface area contributed by atoms with Gasteiger partial charge >= 0.3 is 0 Å². The number of aryl methyl sites for hydroxylation is 1. The van der Waals surface area contributed by atoms with Crippen LogP contribution in [0.15, 0.2) is 48.5 Å². The third kappa shape index (κ3) is 5.39. The second kappa shape index (κ2) is 11.2. The second-order valence-electron chi connectivity index (χ2n) is 10.8. The van der Waals surface area contributed by atoms with Crippen molar-refractivity contribution in [2.45, 2.75) is 38.1 Å². The van der Waals surface area contributed by atoms with Crippen LogP contribution < -0.4 is 0 Å². The zero-order chi connectivity index (χ0) is 27.8. The lowest BCUT2D eigenvalue weighted by Crippen LogP contribution is -2.53. The Morgan fingerprint density at radius 3 is 2.26 bits per heavy atom. The Bertz CT molecular complexity index is 1410. The highest BCUT2D eigenvalue weighted by Gasteiger charge is 2.39. The van der Waals surface area contributed by atoms with E-state index in [-0.39, 0.29) is 35.6 Å². The maximum absolute atomic E-state index is 13.8. The molecule has 3 heterocycles. The van der Waals surface area contributed by atoms with Crippen LogP contribution in [0.3, 0.4) is 0 Å². The van der Waals surface area contributed by atoms with Gasteiger partial charge in [-0.25, -0.2) is 0 Å². The van der Waals surface area contributed by atoms with E-state index >= 15 is 0 Å². The van der Waals surface area contributed by atoms with E-state index in [1.54, 1.807) is 13.0 Å². The summed E-state index contributed by atoms with van der Waals surface area (Å²) in [5, 5.41) is 1.95. The number of likely N-dealkylation sites (N-methyl/N-ethyl adjacent to an activating group) is 1. The van der Waals surface area contributed by atoms with Gasteiger partial charge in [0.15, 0.2) is 0 Å². The topological polar surface area (TPSA) is 65.9 Å². The number of nitrogens with zero attached hydrogens (tertiary/aromatic N) is 4. The van der Waals surface area contributed by atoms with E-state index in [2.05, 4.69) is 0 Å². The number of hydrogen-bond donors (Lipinski definition) is 0. The lowest BCUT2D eigenvalue weighted by atomic mass is 9.84. The van der Waals surface area contributed by atoms with E-state index < -0.39 is 0 Å². The van der Waals surface area contributed by atoms with Crippen LogP contribution in [-0.2, 0) is 16.6 Å². The molecule has 39 heavy (non-hydrogen) atoms. The van der Waals surface area contributed by atoms with Crippen LogP contribution in [0.25, 0.3) is 10.9 Å². The SMILES string of the molecule is CC(=O)N1CCC(C(=O)N2CC[C@@H](N(C)C(=O)c3cc4ccccc4n3C)[C@H](c3ccc(Cl)c(Cl)c3)C2)CC1. The zero-order valence-electron chi connectivity index (χ0n) is 22.6. The number of rotatable bonds is 4. The van der Waals surface area contributed by atoms with Gasteiger partial charge in [0.25, 0.3) is 5.91 Å². The number of fused-ring (bicyclic) bond motifs is 1. The summed E-state index contributed by atoms with van der Waals surface area (Å²) in [7, 11) is 3.77. The molecular formula is C30H34Cl2N4O3. The van der Waals surface area contributed by atoms with Crippen molar-refractivity contribution in [2.24, 2.45) is 13.0 Å². The van der Waals surface area contributed by atoms with Gasteiger partial charge < -0.3 is 19.3 Å². The predicted octanol–water partition coefficient (Wildman–Crippen LogP) is 5.20. The van der Waals surface area contributed by atoms with Crippen LogP contribution in [0.2, 0.25) is 10.0 Å². The van der Waals surface area contributed by atoms with Crippen molar-refractivity contribution in [3.05, 3.63) is 69.8 Å². The summed E-state index contributed by atoms with van der Waals surface area (Å²) < 4.78 is 1.94. The molecule has 0 radical (unpaired) electrons.